The van der Waals surface area contributed by atoms with Gasteiger partial charge in [-0.1, -0.05) is 35.6 Å². The van der Waals surface area contributed by atoms with Crippen LogP contribution in [0.15, 0.2) is 36.4 Å². The molecule has 2 aromatic carbocycles. The Morgan fingerprint density at radius 3 is 2.53 bits per heavy atom. The second-order valence-electron chi connectivity index (χ2n) is 4.52. The van der Waals surface area contributed by atoms with Crippen LogP contribution >= 0.6 is 11.3 Å². The Morgan fingerprint density at radius 2 is 1.84 bits per heavy atom. The van der Waals surface area contributed by atoms with Crippen molar-refractivity contribution in [1.29, 1.82) is 0 Å². The molecule has 0 radical (unpaired) electrons. The van der Waals surface area contributed by atoms with Crippen molar-refractivity contribution in [3.63, 3.8) is 0 Å². The van der Waals surface area contributed by atoms with Crippen LogP contribution in [0.25, 0.3) is 21.0 Å². The lowest BCUT2D eigenvalue weighted by molar-refractivity contribution is -0.673. The molecule has 0 aliphatic carbocycles. The molecular formula is C15H16BrNOS. The zero-order valence-electron chi connectivity index (χ0n) is 10.8. The number of thiazole rings is 1. The Balaban J connectivity index is 0.00000133. The van der Waals surface area contributed by atoms with E-state index >= 15 is 0 Å². The number of halogens is 1. The second-order valence-corrected chi connectivity index (χ2v) is 5.75. The van der Waals surface area contributed by atoms with Crippen LogP contribution in [0.5, 0.6) is 0 Å². The minimum absolute atomic E-state index is 0. The second kappa shape index (κ2) is 5.99. The molecule has 0 saturated heterocycles. The molecule has 0 spiro atoms. The average Bonchev–Trinajstić information content (AvgIpc) is 2.68. The van der Waals surface area contributed by atoms with E-state index < -0.39 is 0 Å². The van der Waals surface area contributed by atoms with Crippen molar-refractivity contribution >= 4 is 32.3 Å². The van der Waals surface area contributed by atoms with Crippen LogP contribution in [0, 0.1) is 6.92 Å². The molecule has 0 fully saturated rings. The van der Waals surface area contributed by atoms with Gasteiger partial charge in [-0.15, -0.1) is 0 Å². The Morgan fingerprint density at radius 1 is 1.16 bits per heavy atom. The maximum Gasteiger partial charge on any atom is 0.235 e. The van der Waals surface area contributed by atoms with Crippen LogP contribution in [-0.4, -0.2) is 11.7 Å². The predicted octanol–water partition coefficient (Wildman–Crippen LogP) is 0.0368. The van der Waals surface area contributed by atoms with Crippen LogP contribution in [0.4, 0.5) is 0 Å². The molecule has 0 atom stereocenters. The fraction of sp³-hybridized carbons (Fsp3) is 0.267. The summed E-state index contributed by atoms with van der Waals surface area (Å²) in [7, 11) is 0. The van der Waals surface area contributed by atoms with Crippen LogP contribution in [-0.2, 0) is 6.54 Å². The minimum Gasteiger partial charge on any atom is -1.00 e. The molecule has 2 nitrogen and oxygen atoms in total. The van der Waals surface area contributed by atoms with Gasteiger partial charge in [0.05, 0.1) is 0 Å². The minimum atomic E-state index is 0. The standard InChI is InChI=1S/C15H16NOS.BrH/c1-11-16(7-4-8-17)14-9-12-5-2-3-6-13(12)10-15(14)18-11;/h2-3,5-6,9-10,17H,4,7-8H2,1H3;1H/q+1;/p-1. The van der Waals surface area contributed by atoms with Crippen LogP contribution < -0.4 is 21.5 Å². The normalized spacial score (nSPS) is 10.8. The van der Waals surface area contributed by atoms with E-state index in [1.54, 1.807) is 0 Å². The molecule has 0 saturated carbocycles. The molecule has 0 aliphatic rings. The van der Waals surface area contributed by atoms with E-state index in [-0.39, 0.29) is 23.6 Å². The molecule has 1 aromatic heterocycles. The summed E-state index contributed by atoms with van der Waals surface area (Å²) in [6.07, 6.45) is 0.810. The van der Waals surface area contributed by atoms with E-state index in [2.05, 4.69) is 47.9 Å². The smallest absolute Gasteiger partial charge is 0.235 e. The van der Waals surface area contributed by atoms with E-state index in [1.165, 1.54) is 26.0 Å². The monoisotopic (exact) mass is 337 g/mol. The zero-order chi connectivity index (χ0) is 12.5. The molecule has 1 heterocycles. The summed E-state index contributed by atoms with van der Waals surface area (Å²) in [5, 5.41) is 12.9. The highest BCUT2D eigenvalue weighted by molar-refractivity contribution is 7.18. The summed E-state index contributed by atoms with van der Waals surface area (Å²) >= 11 is 1.83. The molecule has 0 amide bonds. The molecule has 3 aromatic rings. The summed E-state index contributed by atoms with van der Waals surface area (Å²) in [4.78, 5) is 0. The first-order chi connectivity index (χ1) is 8.79. The number of aliphatic hydroxyl groups is 1. The number of hydrogen-bond donors (Lipinski definition) is 1. The summed E-state index contributed by atoms with van der Waals surface area (Å²) in [5.41, 5.74) is 1.28. The third kappa shape index (κ3) is 2.66. The number of hydrogen-bond acceptors (Lipinski definition) is 2. The topological polar surface area (TPSA) is 24.1 Å². The van der Waals surface area contributed by atoms with Crippen molar-refractivity contribution in [3.8, 4) is 0 Å². The number of fused-ring (bicyclic) bond motifs is 2. The number of aromatic nitrogens is 1. The van der Waals surface area contributed by atoms with Gasteiger partial charge in [-0.25, -0.2) is 0 Å². The first-order valence-electron chi connectivity index (χ1n) is 6.22. The molecular weight excluding hydrogens is 322 g/mol. The quantitative estimate of drug-likeness (QED) is 0.670. The summed E-state index contributed by atoms with van der Waals surface area (Å²) in [6.45, 7) is 3.28. The molecule has 3 rings (SSSR count). The first-order valence-corrected chi connectivity index (χ1v) is 7.04. The Hall–Kier alpha value is -0.970. The highest BCUT2D eigenvalue weighted by Gasteiger charge is 2.17. The van der Waals surface area contributed by atoms with Crippen molar-refractivity contribution in [2.45, 2.75) is 19.9 Å². The number of nitrogens with zero attached hydrogens (tertiary/aromatic N) is 1. The fourth-order valence-corrected chi connectivity index (χ4v) is 3.47. The van der Waals surface area contributed by atoms with Crippen molar-refractivity contribution in [2.75, 3.05) is 6.61 Å². The van der Waals surface area contributed by atoms with Gasteiger partial charge in [0.2, 0.25) is 10.5 Å². The lowest BCUT2D eigenvalue weighted by atomic mass is 10.1. The van der Waals surface area contributed by atoms with Gasteiger partial charge in [0, 0.05) is 26.0 Å². The van der Waals surface area contributed by atoms with Crippen molar-refractivity contribution in [3.05, 3.63) is 41.4 Å². The number of aryl methyl sites for hydroxylation is 2. The predicted molar refractivity (Wildman–Crippen MR) is 76.0 cm³/mol. The van der Waals surface area contributed by atoms with E-state index in [0.29, 0.717) is 0 Å². The lowest BCUT2D eigenvalue weighted by Gasteiger charge is -1.97. The van der Waals surface area contributed by atoms with Crippen LogP contribution in [0.3, 0.4) is 0 Å². The molecule has 100 valence electrons. The summed E-state index contributed by atoms with van der Waals surface area (Å²) < 4.78 is 3.63. The Bertz CT molecular complexity index is 708. The average molecular weight is 338 g/mol. The molecule has 0 unspecified atom stereocenters. The number of aliphatic hydroxyl groups excluding tert-OH is 1. The summed E-state index contributed by atoms with van der Waals surface area (Å²) in [6, 6.07) is 13.0. The fourth-order valence-electron chi connectivity index (χ4n) is 2.39. The van der Waals surface area contributed by atoms with Crippen molar-refractivity contribution in [1.82, 2.24) is 0 Å². The third-order valence-electron chi connectivity index (χ3n) is 3.30. The molecule has 4 heteroatoms. The van der Waals surface area contributed by atoms with Gasteiger partial charge < -0.3 is 22.1 Å². The number of benzene rings is 2. The highest BCUT2D eigenvalue weighted by atomic mass is 79.9. The first kappa shape index (κ1) is 14.4. The van der Waals surface area contributed by atoms with Gasteiger partial charge in [0.1, 0.15) is 4.70 Å². The van der Waals surface area contributed by atoms with Gasteiger partial charge in [-0.05, 0) is 16.8 Å². The maximum atomic E-state index is 8.99. The van der Waals surface area contributed by atoms with Crippen molar-refractivity contribution in [2.24, 2.45) is 0 Å². The largest absolute Gasteiger partial charge is 1.00 e. The molecule has 0 aliphatic heterocycles. The van der Waals surface area contributed by atoms with Gasteiger partial charge in [0.25, 0.3) is 0 Å². The highest BCUT2D eigenvalue weighted by Crippen LogP contribution is 2.26. The summed E-state index contributed by atoms with van der Waals surface area (Å²) in [5.74, 6) is 0. The molecule has 19 heavy (non-hydrogen) atoms. The Kier molecular flexibility index (Phi) is 4.55. The lowest BCUT2D eigenvalue weighted by Crippen LogP contribution is -3.00. The zero-order valence-corrected chi connectivity index (χ0v) is 13.2. The maximum absolute atomic E-state index is 8.99. The molecule has 0 bridgehead atoms. The molecule has 1 N–H and O–H groups in total. The van der Waals surface area contributed by atoms with E-state index in [1.807, 2.05) is 11.3 Å². The SMILES string of the molecule is Cc1sc2cc3ccccc3cc2[n+]1CCCO.[Br-]. The van der Waals surface area contributed by atoms with Gasteiger partial charge in [-0.2, -0.15) is 4.57 Å². The van der Waals surface area contributed by atoms with E-state index in [9.17, 15) is 0 Å². The van der Waals surface area contributed by atoms with Gasteiger partial charge in [0.15, 0.2) is 6.54 Å². The van der Waals surface area contributed by atoms with E-state index in [0.717, 1.165) is 13.0 Å². The van der Waals surface area contributed by atoms with Crippen LogP contribution in [0.2, 0.25) is 0 Å². The van der Waals surface area contributed by atoms with E-state index in [4.69, 9.17) is 5.11 Å². The van der Waals surface area contributed by atoms with Gasteiger partial charge >= 0.3 is 0 Å². The van der Waals surface area contributed by atoms with Gasteiger partial charge in [-0.3, -0.25) is 0 Å². The number of rotatable bonds is 3. The van der Waals surface area contributed by atoms with Crippen LogP contribution in [0.1, 0.15) is 11.4 Å². The third-order valence-corrected chi connectivity index (χ3v) is 4.36. The van der Waals surface area contributed by atoms with Crippen molar-refractivity contribution < 1.29 is 26.7 Å². The Labute approximate surface area is 127 Å².